The Balaban J connectivity index is 1.28. The summed E-state index contributed by atoms with van der Waals surface area (Å²) in [4.78, 5) is 26.1. The second-order valence-corrected chi connectivity index (χ2v) is 22.7. The quantitative estimate of drug-likeness (QED) is 0.0390. The fourth-order valence-electron chi connectivity index (χ4n) is 11.0. The van der Waals surface area contributed by atoms with Gasteiger partial charge in [0, 0.05) is 0 Å². The Bertz CT molecular complexity index is 1570. The lowest BCUT2D eigenvalue weighted by atomic mass is 9.95. The SMILES string of the molecule is CCCCCCCCCCCCCCC[C@H](O)C(=O)NC(CO[C@H]1O[C@H](C(=O)O)[C@@H](O[C@H]2O[C@H](CO[C@H]3O[C@H](CO)[C@H](O)[C@H](O)[C@H]3O)[C@@H](O)[C@H](O)[C@H]2N)[C@H](O)[C@H]1O)C(O)CCCCCCCCCC1CC1CCCCCC. The number of aliphatic hydroxyl groups excluding tert-OH is 10. The average Bonchev–Trinajstić information content (AvgIpc) is 4.18. The molecule has 0 aromatic rings. The number of nitrogens with two attached hydrogens (primary N) is 1. The zero-order valence-corrected chi connectivity index (χ0v) is 46.4. The number of hydrogen-bond donors (Lipinski definition) is 13. The molecule has 4 aliphatic rings. The summed E-state index contributed by atoms with van der Waals surface area (Å²) in [6, 6.07) is -2.70. The van der Waals surface area contributed by atoms with Crippen molar-refractivity contribution in [1.82, 2.24) is 5.32 Å². The molecule has 4 unspecified atom stereocenters. The zero-order chi connectivity index (χ0) is 56.3. The zero-order valence-electron chi connectivity index (χ0n) is 46.4. The Kier molecular flexibility index (Phi) is 32.9. The van der Waals surface area contributed by atoms with E-state index in [1.165, 1.54) is 109 Å². The number of aliphatic hydroxyl groups is 10. The molecule has 3 heterocycles. The fraction of sp³-hybridized carbons (Fsp3) is 0.964. The van der Waals surface area contributed by atoms with Gasteiger partial charge in [-0.15, -0.1) is 0 Å². The molecule has 3 saturated heterocycles. The summed E-state index contributed by atoms with van der Waals surface area (Å²) in [5.74, 6) is -0.549. The molecule has 77 heavy (non-hydrogen) atoms. The highest BCUT2D eigenvalue weighted by Gasteiger charge is 2.53. The van der Waals surface area contributed by atoms with Crippen LogP contribution in [-0.2, 0) is 38.0 Å². The van der Waals surface area contributed by atoms with Crippen LogP contribution >= 0.6 is 0 Å². The second kappa shape index (κ2) is 37.4. The largest absolute Gasteiger partial charge is 0.479 e. The molecule has 1 saturated carbocycles. The van der Waals surface area contributed by atoms with Crippen molar-refractivity contribution in [3.8, 4) is 0 Å². The van der Waals surface area contributed by atoms with Gasteiger partial charge in [-0.05, 0) is 31.1 Å². The number of carbonyl (C=O) groups is 2. The van der Waals surface area contributed by atoms with Gasteiger partial charge >= 0.3 is 5.97 Å². The van der Waals surface area contributed by atoms with Crippen molar-refractivity contribution < 1.29 is 94.2 Å². The first-order valence-electron chi connectivity index (χ1n) is 29.9. The van der Waals surface area contributed by atoms with Gasteiger partial charge in [-0.1, -0.05) is 181 Å². The third-order valence-electron chi connectivity index (χ3n) is 16.3. The van der Waals surface area contributed by atoms with Crippen LogP contribution in [0.25, 0.3) is 0 Å². The van der Waals surface area contributed by atoms with Crippen molar-refractivity contribution in [2.24, 2.45) is 17.6 Å². The number of carbonyl (C=O) groups excluding carboxylic acids is 1. The maximum absolute atomic E-state index is 13.4. The van der Waals surface area contributed by atoms with Crippen molar-refractivity contribution in [1.29, 1.82) is 0 Å². The standard InChI is InChI=1S/C56H104N2O19/c1-3-5-7-9-10-11-12-13-14-15-18-22-26-30-39(61)52(69)58-37(38(60)29-25-21-19-16-17-20-24-28-36-31-35(36)27-23-8-6-4-2)33-72-56-49(68)47(66)50(51(77-56)53(70)71)76-54-42(57)45(64)44(63)41(75-54)34-73-55-48(67)46(65)43(62)40(32-59)74-55/h35-51,54-56,59-68H,3-34,57H2,1-2H3,(H,58,69)(H,70,71)/t35?,36?,37?,38?,39-,40+,41+,42+,43-,44+,45+,46-,47+,48+,49+,50-,51-,54+,55-,56-/m0/s1. The maximum Gasteiger partial charge on any atom is 0.335 e. The van der Waals surface area contributed by atoms with Crippen LogP contribution in [0.15, 0.2) is 0 Å². The Hall–Kier alpha value is -1.74. The number of unbranched alkanes of at least 4 members (excludes halogenated alkanes) is 21. The van der Waals surface area contributed by atoms with Crippen LogP contribution in [0.4, 0.5) is 0 Å². The van der Waals surface area contributed by atoms with E-state index in [0.717, 1.165) is 63.2 Å². The van der Waals surface area contributed by atoms with Crippen LogP contribution < -0.4 is 11.1 Å². The molecule has 0 spiro atoms. The highest BCUT2D eigenvalue weighted by atomic mass is 16.7. The van der Waals surface area contributed by atoms with Crippen LogP contribution in [0.3, 0.4) is 0 Å². The lowest BCUT2D eigenvalue weighted by molar-refractivity contribution is -0.347. The van der Waals surface area contributed by atoms with E-state index in [0.29, 0.717) is 12.8 Å². The van der Waals surface area contributed by atoms with E-state index >= 15 is 0 Å². The molecule has 4 fully saturated rings. The molecular weight excluding hydrogens is 1000 g/mol. The molecule has 21 heteroatoms. The number of hydrogen-bond acceptors (Lipinski definition) is 19. The molecule has 14 N–H and O–H groups in total. The van der Waals surface area contributed by atoms with E-state index in [2.05, 4.69) is 19.2 Å². The first-order chi connectivity index (χ1) is 37.0. The number of carboxylic acids is 1. The van der Waals surface area contributed by atoms with E-state index in [4.69, 9.17) is 34.2 Å². The lowest BCUT2D eigenvalue weighted by Crippen LogP contribution is -2.67. The van der Waals surface area contributed by atoms with Crippen LogP contribution in [0.5, 0.6) is 0 Å². The average molecular weight is 1110 g/mol. The van der Waals surface area contributed by atoms with Crippen LogP contribution in [0, 0.1) is 11.8 Å². The van der Waals surface area contributed by atoms with E-state index in [1.54, 1.807) is 0 Å². The molecule has 452 valence electrons. The molecule has 1 aliphatic carbocycles. The van der Waals surface area contributed by atoms with Gasteiger partial charge in [-0.3, -0.25) is 4.79 Å². The van der Waals surface area contributed by atoms with Gasteiger partial charge in [0.05, 0.1) is 38.0 Å². The summed E-state index contributed by atoms with van der Waals surface area (Å²) in [7, 11) is 0. The monoisotopic (exact) mass is 1110 g/mol. The predicted octanol–water partition coefficient (Wildman–Crippen LogP) is 3.32. The molecule has 1 amide bonds. The minimum Gasteiger partial charge on any atom is -0.479 e. The summed E-state index contributed by atoms with van der Waals surface area (Å²) in [6.07, 6.45) is 4.45. The van der Waals surface area contributed by atoms with E-state index < -0.39 is 142 Å². The van der Waals surface area contributed by atoms with Crippen molar-refractivity contribution in [2.45, 2.75) is 310 Å². The number of rotatable bonds is 42. The van der Waals surface area contributed by atoms with Crippen molar-refractivity contribution in [2.75, 3.05) is 19.8 Å². The third kappa shape index (κ3) is 23.2. The molecule has 4 rings (SSSR count). The normalized spacial score (nSPS) is 33.6. The summed E-state index contributed by atoms with van der Waals surface area (Å²) in [5.41, 5.74) is 6.12. The molecular formula is C56H104N2O19. The van der Waals surface area contributed by atoms with Crippen molar-refractivity contribution in [3.63, 3.8) is 0 Å². The summed E-state index contributed by atoms with van der Waals surface area (Å²) in [6.45, 7) is 2.54. The van der Waals surface area contributed by atoms with Gasteiger partial charge in [0.1, 0.15) is 67.1 Å². The minimum absolute atomic E-state index is 0.211. The Labute approximate surface area is 457 Å². The maximum atomic E-state index is 13.4. The van der Waals surface area contributed by atoms with Gasteiger partial charge in [0.25, 0.3) is 0 Å². The Morgan fingerprint density at radius 3 is 1.57 bits per heavy atom. The highest BCUT2D eigenvalue weighted by molar-refractivity contribution is 5.80. The highest BCUT2D eigenvalue weighted by Crippen LogP contribution is 2.46. The Morgan fingerprint density at radius 2 is 1.03 bits per heavy atom. The minimum atomic E-state index is -2.07. The second-order valence-electron chi connectivity index (χ2n) is 22.7. The van der Waals surface area contributed by atoms with E-state index in [-0.39, 0.29) is 12.8 Å². The van der Waals surface area contributed by atoms with E-state index in [1.807, 2.05) is 0 Å². The van der Waals surface area contributed by atoms with Gasteiger partial charge in [0.2, 0.25) is 5.91 Å². The van der Waals surface area contributed by atoms with E-state index in [9.17, 15) is 65.8 Å². The topological polar surface area (TPSA) is 350 Å². The van der Waals surface area contributed by atoms with Crippen LogP contribution in [0.2, 0.25) is 0 Å². The third-order valence-corrected chi connectivity index (χ3v) is 16.3. The number of aliphatic carboxylic acids is 1. The molecule has 20 atom stereocenters. The number of carboxylic acid groups (broad SMARTS) is 1. The molecule has 21 nitrogen and oxygen atoms in total. The first-order valence-corrected chi connectivity index (χ1v) is 29.9. The summed E-state index contributed by atoms with van der Waals surface area (Å²) >= 11 is 0. The number of nitrogens with one attached hydrogen (secondary N) is 1. The molecule has 0 aromatic heterocycles. The summed E-state index contributed by atoms with van der Waals surface area (Å²) < 4.78 is 33.8. The molecule has 0 bridgehead atoms. The van der Waals surface area contributed by atoms with Gasteiger partial charge in [0.15, 0.2) is 25.0 Å². The fourth-order valence-corrected chi connectivity index (χ4v) is 11.0. The number of amides is 1. The van der Waals surface area contributed by atoms with Crippen molar-refractivity contribution >= 4 is 11.9 Å². The smallest absolute Gasteiger partial charge is 0.335 e. The first kappa shape index (κ1) is 67.8. The lowest BCUT2D eigenvalue weighted by Gasteiger charge is -2.46. The van der Waals surface area contributed by atoms with Crippen LogP contribution in [0.1, 0.15) is 200 Å². The molecule has 0 aromatic carbocycles. The van der Waals surface area contributed by atoms with Gasteiger partial charge in [-0.2, -0.15) is 0 Å². The Morgan fingerprint density at radius 1 is 0.558 bits per heavy atom. The van der Waals surface area contributed by atoms with Crippen molar-refractivity contribution in [3.05, 3.63) is 0 Å². The molecule has 0 radical (unpaired) electrons. The van der Waals surface area contributed by atoms with Gasteiger partial charge < -0.3 is 95.6 Å². The van der Waals surface area contributed by atoms with Gasteiger partial charge in [-0.25, -0.2) is 4.79 Å². The number of ether oxygens (including phenoxy) is 6. The van der Waals surface area contributed by atoms with Crippen LogP contribution in [-0.4, -0.2) is 198 Å². The molecule has 3 aliphatic heterocycles. The predicted molar refractivity (Wildman–Crippen MR) is 284 cm³/mol. The summed E-state index contributed by atoms with van der Waals surface area (Å²) in [5, 5.41) is 120.